The number of alkyl halides is 3. The number of hydrogen-bond donors (Lipinski definition) is 2. The average Bonchev–Trinajstić information content (AvgIpc) is 3.14. The zero-order valence-electron chi connectivity index (χ0n) is 14.0. The Morgan fingerprint density at radius 3 is 2.63 bits per heavy atom. The Balaban J connectivity index is 1.78. The predicted molar refractivity (Wildman–Crippen MR) is 95.9 cm³/mol. The minimum Gasteiger partial charge on any atom is -0.364 e. The maximum absolute atomic E-state index is 13.4. The molecule has 0 saturated heterocycles. The molecule has 4 rings (SSSR count). The van der Waals surface area contributed by atoms with Crippen molar-refractivity contribution in [2.24, 2.45) is 0 Å². The van der Waals surface area contributed by atoms with Crippen LogP contribution in [0.3, 0.4) is 0 Å². The smallest absolute Gasteiger partial charge is 0.364 e. The SMILES string of the molecule is FC(F)(F)c1cccnc1-c1cc(NCc2ccccn2)nc2[nH]ccc12. The number of aromatic amines is 1. The van der Waals surface area contributed by atoms with E-state index in [9.17, 15) is 13.2 Å². The van der Waals surface area contributed by atoms with Gasteiger partial charge < -0.3 is 10.3 Å². The maximum atomic E-state index is 13.4. The monoisotopic (exact) mass is 369 g/mol. The third-order valence-electron chi connectivity index (χ3n) is 4.07. The summed E-state index contributed by atoms with van der Waals surface area (Å²) in [6, 6.07) is 11.1. The van der Waals surface area contributed by atoms with Crippen LogP contribution in [0.4, 0.5) is 19.0 Å². The Bertz CT molecular complexity index is 1070. The van der Waals surface area contributed by atoms with Crippen LogP contribution in [0.25, 0.3) is 22.3 Å². The molecule has 0 saturated carbocycles. The van der Waals surface area contributed by atoms with Crippen LogP contribution in [-0.4, -0.2) is 19.9 Å². The van der Waals surface area contributed by atoms with Gasteiger partial charge >= 0.3 is 6.18 Å². The van der Waals surface area contributed by atoms with Gasteiger partial charge in [-0.15, -0.1) is 0 Å². The van der Waals surface area contributed by atoms with Crippen LogP contribution >= 0.6 is 0 Å². The second-order valence-electron chi connectivity index (χ2n) is 5.87. The first-order chi connectivity index (χ1) is 13.0. The van der Waals surface area contributed by atoms with Crippen molar-refractivity contribution in [3.63, 3.8) is 0 Å². The van der Waals surface area contributed by atoms with E-state index in [4.69, 9.17) is 0 Å². The molecular formula is C19H14F3N5. The lowest BCUT2D eigenvalue weighted by molar-refractivity contribution is -0.137. The first kappa shape index (κ1) is 17.0. The molecule has 0 fully saturated rings. The largest absolute Gasteiger partial charge is 0.418 e. The summed E-state index contributed by atoms with van der Waals surface area (Å²) in [7, 11) is 0. The lowest BCUT2D eigenvalue weighted by Crippen LogP contribution is -2.09. The lowest BCUT2D eigenvalue weighted by atomic mass is 10.0. The van der Waals surface area contributed by atoms with Crippen LogP contribution < -0.4 is 5.32 Å². The van der Waals surface area contributed by atoms with Gasteiger partial charge in [-0.25, -0.2) is 4.98 Å². The van der Waals surface area contributed by atoms with Gasteiger partial charge in [-0.1, -0.05) is 6.07 Å². The summed E-state index contributed by atoms with van der Waals surface area (Å²) < 4.78 is 40.3. The van der Waals surface area contributed by atoms with Crippen LogP contribution in [0.15, 0.2) is 61.1 Å². The van der Waals surface area contributed by atoms with Gasteiger partial charge in [0.15, 0.2) is 0 Å². The van der Waals surface area contributed by atoms with Crippen molar-refractivity contribution in [3.05, 3.63) is 72.3 Å². The first-order valence-corrected chi connectivity index (χ1v) is 8.17. The third-order valence-corrected chi connectivity index (χ3v) is 4.07. The Labute approximate surface area is 152 Å². The highest BCUT2D eigenvalue weighted by atomic mass is 19.4. The fraction of sp³-hybridized carbons (Fsp3) is 0.105. The number of nitrogens with one attached hydrogen (secondary N) is 2. The fourth-order valence-electron chi connectivity index (χ4n) is 2.86. The molecule has 0 bridgehead atoms. The summed E-state index contributed by atoms with van der Waals surface area (Å²) in [4.78, 5) is 15.6. The molecule has 136 valence electrons. The number of nitrogens with zero attached hydrogens (tertiary/aromatic N) is 3. The maximum Gasteiger partial charge on any atom is 0.418 e. The zero-order chi connectivity index (χ0) is 18.9. The molecule has 0 spiro atoms. The number of rotatable bonds is 4. The quantitative estimate of drug-likeness (QED) is 0.549. The van der Waals surface area contributed by atoms with Crippen LogP contribution in [-0.2, 0) is 12.7 Å². The van der Waals surface area contributed by atoms with Crippen molar-refractivity contribution >= 4 is 16.9 Å². The number of H-pyrrole nitrogens is 1. The summed E-state index contributed by atoms with van der Waals surface area (Å²) in [5.41, 5.74) is 0.723. The molecule has 5 nitrogen and oxygen atoms in total. The van der Waals surface area contributed by atoms with E-state index >= 15 is 0 Å². The van der Waals surface area contributed by atoms with Gasteiger partial charge in [-0.2, -0.15) is 13.2 Å². The van der Waals surface area contributed by atoms with Crippen LogP contribution in [0.1, 0.15) is 11.3 Å². The normalized spacial score (nSPS) is 11.7. The van der Waals surface area contributed by atoms with Crippen molar-refractivity contribution in [3.8, 4) is 11.3 Å². The number of pyridine rings is 3. The zero-order valence-corrected chi connectivity index (χ0v) is 14.0. The molecule has 0 aliphatic rings. The molecule has 0 amide bonds. The standard InChI is InChI=1S/C19H14F3N5/c20-19(21,22)15-5-3-8-24-17(15)14-10-16(27-18-13(14)6-9-25-18)26-11-12-4-1-2-7-23-12/h1-10H,11H2,(H2,25,26,27). The number of fused-ring (bicyclic) bond motifs is 1. The topological polar surface area (TPSA) is 66.5 Å². The van der Waals surface area contributed by atoms with Gasteiger partial charge in [-0.05, 0) is 36.4 Å². The van der Waals surface area contributed by atoms with E-state index in [0.29, 0.717) is 29.0 Å². The Morgan fingerprint density at radius 1 is 1.00 bits per heavy atom. The second kappa shape index (κ2) is 6.71. The Kier molecular flexibility index (Phi) is 4.23. The van der Waals surface area contributed by atoms with E-state index in [0.717, 1.165) is 11.8 Å². The van der Waals surface area contributed by atoms with Crippen LogP contribution in [0.2, 0.25) is 0 Å². The summed E-state index contributed by atoms with van der Waals surface area (Å²) >= 11 is 0. The van der Waals surface area contributed by atoms with Crippen molar-refractivity contribution in [2.45, 2.75) is 12.7 Å². The van der Waals surface area contributed by atoms with Crippen molar-refractivity contribution < 1.29 is 13.2 Å². The highest BCUT2D eigenvalue weighted by molar-refractivity contribution is 5.94. The fourth-order valence-corrected chi connectivity index (χ4v) is 2.86. The molecule has 0 unspecified atom stereocenters. The number of halogens is 3. The van der Waals surface area contributed by atoms with E-state index in [1.807, 2.05) is 18.2 Å². The van der Waals surface area contributed by atoms with Gasteiger partial charge in [0.05, 0.1) is 23.5 Å². The molecule has 4 heterocycles. The van der Waals surface area contributed by atoms with E-state index in [-0.39, 0.29) is 5.69 Å². The Hall–Kier alpha value is -3.42. The molecule has 0 atom stereocenters. The molecule has 27 heavy (non-hydrogen) atoms. The van der Waals surface area contributed by atoms with Gasteiger partial charge in [0, 0.05) is 29.5 Å². The predicted octanol–water partition coefficient (Wildman–Crippen LogP) is 4.65. The van der Waals surface area contributed by atoms with Crippen molar-refractivity contribution in [1.82, 2.24) is 19.9 Å². The molecule has 4 aromatic rings. The molecule has 0 radical (unpaired) electrons. The highest BCUT2D eigenvalue weighted by Gasteiger charge is 2.34. The summed E-state index contributed by atoms with van der Waals surface area (Å²) in [5, 5.41) is 3.68. The van der Waals surface area contributed by atoms with Crippen LogP contribution in [0.5, 0.6) is 0 Å². The molecule has 0 aromatic carbocycles. The third kappa shape index (κ3) is 3.46. The molecule has 0 aliphatic heterocycles. The van der Waals surface area contributed by atoms with E-state index in [2.05, 4.69) is 25.3 Å². The molecule has 4 aromatic heterocycles. The number of aromatic nitrogens is 4. The molecule has 8 heteroatoms. The molecular weight excluding hydrogens is 355 g/mol. The molecule has 2 N–H and O–H groups in total. The summed E-state index contributed by atoms with van der Waals surface area (Å²) in [6.45, 7) is 0.397. The minimum atomic E-state index is -4.50. The van der Waals surface area contributed by atoms with Gasteiger partial charge in [0.25, 0.3) is 0 Å². The van der Waals surface area contributed by atoms with E-state index in [1.54, 1.807) is 24.5 Å². The van der Waals surface area contributed by atoms with Gasteiger partial charge in [-0.3, -0.25) is 9.97 Å². The van der Waals surface area contributed by atoms with E-state index in [1.165, 1.54) is 12.3 Å². The van der Waals surface area contributed by atoms with Gasteiger partial charge in [0.1, 0.15) is 11.5 Å². The van der Waals surface area contributed by atoms with Crippen molar-refractivity contribution in [1.29, 1.82) is 0 Å². The number of hydrogen-bond acceptors (Lipinski definition) is 4. The van der Waals surface area contributed by atoms with Gasteiger partial charge in [0.2, 0.25) is 0 Å². The molecule has 0 aliphatic carbocycles. The second-order valence-corrected chi connectivity index (χ2v) is 5.87. The highest BCUT2D eigenvalue weighted by Crippen LogP contribution is 2.38. The summed E-state index contributed by atoms with van der Waals surface area (Å²) in [6.07, 6.45) is 0.162. The van der Waals surface area contributed by atoms with E-state index < -0.39 is 11.7 Å². The van der Waals surface area contributed by atoms with Crippen LogP contribution in [0, 0.1) is 0 Å². The number of anilines is 1. The lowest BCUT2D eigenvalue weighted by Gasteiger charge is -2.14. The average molecular weight is 369 g/mol. The summed E-state index contributed by atoms with van der Waals surface area (Å²) in [5.74, 6) is 0.435. The van der Waals surface area contributed by atoms with Crippen molar-refractivity contribution in [2.75, 3.05) is 5.32 Å². The Morgan fingerprint density at radius 2 is 1.85 bits per heavy atom. The first-order valence-electron chi connectivity index (χ1n) is 8.17. The minimum absolute atomic E-state index is 0.127.